The summed E-state index contributed by atoms with van der Waals surface area (Å²) in [5, 5.41) is 0.885. The lowest BCUT2D eigenvalue weighted by molar-refractivity contribution is -0.150. The van der Waals surface area contributed by atoms with Crippen LogP contribution in [0.15, 0.2) is 36.5 Å². The predicted molar refractivity (Wildman–Crippen MR) is 68.5 cm³/mol. The zero-order valence-electron chi connectivity index (χ0n) is 10.4. The minimum absolute atomic E-state index is 0.351. The number of carbonyl (C=O) groups excluding carboxylic acids is 1. The first kappa shape index (κ1) is 12.4. The number of nitrogens with zero attached hydrogens (tertiary/aromatic N) is 1. The third kappa shape index (κ3) is 2.59. The molecule has 4 heteroatoms. The molecule has 0 bridgehead atoms. The Morgan fingerprint density at radius 2 is 2.17 bits per heavy atom. The first-order valence-electron chi connectivity index (χ1n) is 5.89. The molecule has 0 aliphatic rings. The molecule has 18 heavy (non-hydrogen) atoms. The number of hydrogen-bond acceptors (Lipinski definition) is 4. The molecule has 1 atom stereocenters. The van der Waals surface area contributed by atoms with Crippen LogP contribution < -0.4 is 4.74 Å². The van der Waals surface area contributed by atoms with Gasteiger partial charge in [0.25, 0.3) is 0 Å². The molecule has 1 aromatic carbocycles. The van der Waals surface area contributed by atoms with Crippen LogP contribution in [0.25, 0.3) is 10.9 Å². The molecule has 2 rings (SSSR count). The quantitative estimate of drug-likeness (QED) is 0.777. The van der Waals surface area contributed by atoms with E-state index in [-0.39, 0.29) is 5.97 Å². The fourth-order valence-corrected chi connectivity index (χ4v) is 1.68. The minimum atomic E-state index is -0.629. The van der Waals surface area contributed by atoms with Crippen LogP contribution in [0.1, 0.15) is 13.8 Å². The van der Waals surface area contributed by atoms with Gasteiger partial charge in [0.15, 0.2) is 6.10 Å². The van der Waals surface area contributed by atoms with Crippen LogP contribution in [0.5, 0.6) is 5.75 Å². The molecule has 0 aliphatic heterocycles. The highest BCUT2D eigenvalue weighted by atomic mass is 16.6. The van der Waals surface area contributed by atoms with E-state index in [1.54, 1.807) is 20.0 Å². The second-order valence-corrected chi connectivity index (χ2v) is 3.84. The van der Waals surface area contributed by atoms with Crippen molar-refractivity contribution >= 4 is 16.9 Å². The SMILES string of the molecule is CCOC(=O)C(C)Oc1cccc2ncccc12. The van der Waals surface area contributed by atoms with E-state index in [0.717, 1.165) is 10.9 Å². The van der Waals surface area contributed by atoms with E-state index in [2.05, 4.69) is 4.98 Å². The van der Waals surface area contributed by atoms with Crippen molar-refractivity contribution in [2.75, 3.05) is 6.61 Å². The Bertz CT molecular complexity index is 548. The van der Waals surface area contributed by atoms with Crippen LogP contribution in [0.4, 0.5) is 0 Å². The van der Waals surface area contributed by atoms with Crippen molar-refractivity contribution in [1.29, 1.82) is 0 Å². The van der Waals surface area contributed by atoms with E-state index >= 15 is 0 Å². The number of fused-ring (bicyclic) bond motifs is 1. The molecule has 0 saturated heterocycles. The number of hydrogen-bond donors (Lipinski definition) is 0. The van der Waals surface area contributed by atoms with Crippen molar-refractivity contribution < 1.29 is 14.3 Å². The summed E-state index contributed by atoms with van der Waals surface area (Å²) in [7, 11) is 0. The fraction of sp³-hybridized carbons (Fsp3) is 0.286. The zero-order valence-corrected chi connectivity index (χ0v) is 10.4. The molecule has 0 N–H and O–H groups in total. The minimum Gasteiger partial charge on any atom is -0.478 e. The van der Waals surface area contributed by atoms with Gasteiger partial charge in [0.2, 0.25) is 0 Å². The Labute approximate surface area is 106 Å². The number of benzene rings is 1. The molecule has 1 unspecified atom stereocenters. The molecule has 0 radical (unpaired) electrons. The van der Waals surface area contributed by atoms with Gasteiger partial charge in [-0.05, 0) is 38.1 Å². The Kier molecular flexibility index (Phi) is 3.77. The fourth-order valence-electron chi connectivity index (χ4n) is 1.68. The first-order chi connectivity index (χ1) is 8.72. The summed E-state index contributed by atoms with van der Waals surface area (Å²) in [5.41, 5.74) is 0.839. The van der Waals surface area contributed by atoms with Gasteiger partial charge >= 0.3 is 5.97 Å². The van der Waals surface area contributed by atoms with Crippen LogP contribution in [0.2, 0.25) is 0 Å². The average Bonchev–Trinajstić information content (AvgIpc) is 2.39. The number of esters is 1. The van der Waals surface area contributed by atoms with Gasteiger partial charge in [-0.25, -0.2) is 4.79 Å². The van der Waals surface area contributed by atoms with Crippen LogP contribution in [0.3, 0.4) is 0 Å². The van der Waals surface area contributed by atoms with Crippen LogP contribution in [0, 0.1) is 0 Å². The lowest BCUT2D eigenvalue weighted by atomic mass is 10.2. The van der Waals surface area contributed by atoms with Gasteiger partial charge in [-0.15, -0.1) is 0 Å². The lowest BCUT2D eigenvalue weighted by Gasteiger charge is -2.14. The van der Waals surface area contributed by atoms with E-state index in [4.69, 9.17) is 9.47 Å². The molecule has 1 heterocycles. The third-order valence-corrected chi connectivity index (χ3v) is 2.53. The van der Waals surface area contributed by atoms with Crippen LogP contribution in [-0.4, -0.2) is 23.7 Å². The predicted octanol–water partition coefficient (Wildman–Crippen LogP) is 2.57. The highest BCUT2D eigenvalue weighted by Gasteiger charge is 2.16. The van der Waals surface area contributed by atoms with Gasteiger partial charge in [-0.2, -0.15) is 0 Å². The van der Waals surface area contributed by atoms with Gasteiger partial charge in [-0.3, -0.25) is 4.98 Å². The molecule has 0 fully saturated rings. The van der Waals surface area contributed by atoms with E-state index in [1.165, 1.54) is 0 Å². The maximum atomic E-state index is 11.5. The Hall–Kier alpha value is -2.10. The summed E-state index contributed by atoms with van der Waals surface area (Å²) in [4.78, 5) is 15.8. The van der Waals surface area contributed by atoms with Crippen LogP contribution in [-0.2, 0) is 9.53 Å². The Morgan fingerprint density at radius 3 is 2.94 bits per heavy atom. The van der Waals surface area contributed by atoms with Crippen molar-refractivity contribution in [2.45, 2.75) is 20.0 Å². The van der Waals surface area contributed by atoms with Gasteiger partial charge in [0, 0.05) is 11.6 Å². The largest absolute Gasteiger partial charge is 0.478 e. The normalized spacial score (nSPS) is 12.1. The van der Waals surface area contributed by atoms with Gasteiger partial charge in [0.05, 0.1) is 12.1 Å². The van der Waals surface area contributed by atoms with E-state index in [1.807, 2.05) is 30.3 Å². The monoisotopic (exact) mass is 245 g/mol. The summed E-state index contributed by atoms with van der Waals surface area (Å²) in [6, 6.07) is 9.32. The van der Waals surface area contributed by atoms with Gasteiger partial charge in [0.1, 0.15) is 5.75 Å². The molecule has 0 saturated carbocycles. The molecular formula is C14H15NO3. The summed E-state index contributed by atoms with van der Waals surface area (Å²) < 4.78 is 10.5. The summed E-state index contributed by atoms with van der Waals surface area (Å²) in [6.45, 7) is 3.79. The number of pyridine rings is 1. The number of ether oxygens (including phenoxy) is 2. The lowest BCUT2D eigenvalue weighted by Crippen LogP contribution is -2.26. The molecule has 2 aromatic rings. The standard InChI is InChI=1S/C14H15NO3/c1-3-17-14(16)10(2)18-13-8-4-7-12-11(13)6-5-9-15-12/h4-10H,3H2,1-2H3. The van der Waals surface area contributed by atoms with E-state index < -0.39 is 6.10 Å². The number of rotatable bonds is 4. The summed E-state index contributed by atoms with van der Waals surface area (Å²) >= 11 is 0. The molecule has 0 aliphatic carbocycles. The molecule has 0 amide bonds. The second kappa shape index (κ2) is 5.49. The van der Waals surface area contributed by atoms with Crippen molar-refractivity contribution in [1.82, 2.24) is 4.98 Å². The molecule has 4 nitrogen and oxygen atoms in total. The summed E-state index contributed by atoms with van der Waals surface area (Å²) in [6.07, 6.45) is 1.09. The topological polar surface area (TPSA) is 48.4 Å². The maximum absolute atomic E-state index is 11.5. The molecule has 0 spiro atoms. The van der Waals surface area contributed by atoms with Crippen molar-refractivity contribution in [3.8, 4) is 5.75 Å². The van der Waals surface area contributed by atoms with Crippen LogP contribution >= 0.6 is 0 Å². The molecular weight excluding hydrogens is 230 g/mol. The highest BCUT2D eigenvalue weighted by molar-refractivity contribution is 5.85. The van der Waals surface area contributed by atoms with Gasteiger partial charge < -0.3 is 9.47 Å². The average molecular weight is 245 g/mol. The van der Waals surface area contributed by atoms with Gasteiger partial charge in [-0.1, -0.05) is 6.07 Å². The van der Waals surface area contributed by atoms with E-state index in [9.17, 15) is 4.79 Å². The van der Waals surface area contributed by atoms with Crippen molar-refractivity contribution in [3.63, 3.8) is 0 Å². The molecule has 1 aromatic heterocycles. The zero-order chi connectivity index (χ0) is 13.0. The molecule has 94 valence electrons. The Morgan fingerprint density at radius 1 is 1.33 bits per heavy atom. The smallest absolute Gasteiger partial charge is 0.347 e. The summed E-state index contributed by atoms with van der Waals surface area (Å²) in [5.74, 6) is 0.277. The number of aromatic nitrogens is 1. The van der Waals surface area contributed by atoms with Crippen molar-refractivity contribution in [3.05, 3.63) is 36.5 Å². The second-order valence-electron chi connectivity index (χ2n) is 3.84. The van der Waals surface area contributed by atoms with E-state index in [0.29, 0.717) is 12.4 Å². The number of carbonyl (C=O) groups is 1. The highest BCUT2D eigenvalue weighted by Crippen LogP contribution is 2.24. The van der Waals surface area contributed by atoms with Crippen molar-refractivity contribution in [2.24, 2.45) is 0 Å². The maximum Gasteiger partial charge on any atom is 0.347 e. The Balaban J connectivity index is 2.24. The third-order valence-electron chi connectivity index (χ3n) is 2.53. The first-order valence-corrected chi connectivity index (χ1v) is 5.89.